The molecule has 0 saturated carbocycles. The average molecular weight is 244 g/mol. The van der Waals surface area contributed by atoms with Crippen molar-refractivity contribution in [3.8, 4) is 5.88 Å². The van der Waals surface area contributed by atoms with E-state index in [1.165, 1.54) is 0 Å². The standard InChI is InChI=1S/C15H20N2O/c1-4-16-10-13-9-12-7-5-6-8-14(12)17-15(13)18-11(2)3/h5-9,11,16H,4,10H2,1-3H3. The molecular formula is C15H20N2O. The van der Waals surface area contributed by atoms with Gasteiger partial charge >= 0.3 is 0 Å². The van der Waals surface area contributed by atoms with E-state index in [1.807, 2.05) is 32.0 Å². The number of hydrogen-bond donors (Lipinski definition) is 1. The Morgan fingerprint density at radius 2 is 2.06 bits per heavy atom. The Balaban J connectivity index is 2.42. The molecule has 0 saturated heterocycles. The zero-order valence-corrected chi connectivity index (χ0v) is 11.2. The third kappa shape index (κ3) is 2.99. The number of hydrogen-bond acceptors (Lipinski definition) is 3. The minimum atomic E-state index is 0.138. The zero-order valence-electron chi connectivity index (χ0n) is 11.2. The Labute approximate surface area is 108 Å². The molecule has 1 N–H and O–H groups in total. The second-order valence-corrected chi connectivity index (χ2v) is 4.59. The fraction of sp³-hybridized carbons (Fsp3) is 0.400. The van der Waals surface area contributed by atoms with Gasteiger partial charge in [-0.25, -0.2) is 4.98 Å². The Hall–Kier alpha value is -1.61. The largest absolute Gasteiger partial charge is 0.475 e. The molecule has 1 aromatic carbocycles. The third-order valence-corrected chi connectivity index (χ3v) is 2.68. The van der Waals surface area contributed by atoms with Crippen LogP contribution in [0.2, 0.25) is 0 Å². The predicted molar refractivity (Wildman–Crippen MR) is 74.9 cm³/mol. The maximum absolute atomic E-state index is 5.80. The van der Waals surface area contributed by atoms with Crippen LogP contribution < -0.4 is 10.1 Å². The van der Waals surface area contributed by atoms with Crippen molar-refractivity contribution in [1.82, 2.24) is 10.3 Å². The van der Waals surface area contributed by atoms with Crippen LogP contribution in [0.1, 0.15) is 26.3 Å². The first-order valence-corrected chi connectivity index (χ1v) is 6.46. The van der Waals surface area contributed by atoms with Crippen LogP contribution in [-0.4, -0.2) is 17.6 Å². The number of pyridine rings is 1. The van der Waals surface area contributed by atoms with E-state index in [-0.39, 0.29) is 6.10 Å². The summed E-state index contributed by atoms with van der Waals surface area (Å²) in [5, 5.41) is 4.48. The minimum absolute atomic E-state index is 0.138. The number of nitrogens with zero attached hydrogens (tertiary/aromatic N) is 1. The molecule has 0 atom stereocenters. The van der Waals surface area contributed by atoms with Gasteiger partial charge < -0.3 is 10.1 Å². The fourth-order valence-corrected chi connectivity index (χ4v) is 1.85. The lowest BCUT2D eigenvalue weighted by Crippen LogP contribution is -2.15. The third-order valence-electron chi connectivity index (χ3n) is 2.68. The molecule has 1 heterocycles. The topological polar surface area (TPSA) is 34.2 Å². The highest BCUT2D eigenvalue weighted by molar-refractivity contribution is 5.80. The van der Waals surface area contributed by atoms with Crippen molar-refractivity contribution < 1.29 is 4.74 Å². The first kappa shape index (κ1) is 12.8. The second kappa shape index (κ2) is 5.83. The minimum Gasteiger partial charge on any atom is -0.475 e. The molecule has 96 valence electrons. The molecule has 0 amide bonds. The van der Waals surface area contributed by atoms with Crippen molar-refractivity contribution >= 4 is 10.9 Å². The van der Waals surface area contributed by atoms with Gasteiger partial charge in [-0.1, -0.05) is 25.1 Å². The lowest BCUT2D eigenvalue weighted by molar-refractivity contribution is 0.230. The summed E-state index contributed by atoms with van der Waals surface area (Å²) in [6.45, 7) is 7.86. The van der Waals surface area contributed by atoms with Crippen LogP contribution >= 0.6 is 0 Å². The van der Waals surface area contributed by atoms with E-state index in [0.29, 0.717) is 0 Å². The summed E-state index contributed by atoms with van der Waals surface area (Å²) in [7, 11) is 0. The van der Waals surface area contributed by atoms with Crippen LogP contribution in [0.4, 0.5) is 0 Å². The summed E-state index contributed by atoms with van der Waals surface area (Å²) in [4.78, 5) is 4.61. The SMILES string of the molecule is CCNCc1cc2ccccc2nc1OC(C)C. The van der Waals surface area contributed by atoms with Crippen LogP contribution in [0.15, 0.2) is 30.3 Å². The number of rotatable bonds is 5. The van der Waals surface area contributed by atoms with Crippen LogP contribution in [0.25, 0.3) is 10.9 Å². The summed E-state index contributed by atoms with van der Waals surface area (Å²) in [5.41, 5.74) is 2.10. The summed E-state index contributed by atoms with van der Waals surface area (Å²) < 4.78 is 5.80. The van der Waals surface area contributed by atoms with Gasteiger partial charge in [0.1, 0.15) is 0 Å². The van der Waals surface area contributed by atoms with Crippen molar-refractivity contribution in [3.05, 3.63) is 35.9 Å². The molecule has 0 unspecified atom stereocenters. The molecule has 2 aromatic rings. The number of fused-ring (bicyclic) bond motifs is 1. The van der Waals surface area contributed by atoms with Crippen molar-refractivity contribution in [2.45, 2.75) is 33.4 Å². The van der Waals surface area contributed by atoms with E-state index in [4.69, 9.17) is 4.74 Å². The molecule has 18 heavy (non-hydrogen) atoms. The molecule has 0 aliphatic carbocycles. The van der Waals surface area contributed by atoms with Gasteiger partial charge in [0.15, 0.2) is 0 Å². The summed E-state index contributed by atoms with van der Waals surface area (Å²) in [6.07, 6.45) is 0.138. The second-order valence-electron chi connectivity index (χ2n) is 4.59. The van der Waals surface area contributed by atoms with E-state index in [0.717, 1.165) is 35.4 Å². The van der Waals surface area contributed by atoms with E-state index < -0.39 is 0 Å². The van der Waals surface area contributed by atoms with Gasteiger partial charge in [-0.05, 0) is 32.5 Å². The number of benzene rings is 1. The summed E-state index contributed by atoms with van der Waals surface area (Å²) in [5.74, 6) is 0.740. The van der Waals surface area contributed by atoms with Gasteiger partial charge in [0, 0.05) is 17.5 Å². The van der Waals surface area contributed by atoms with Crippen molar-refractivity contribution in [2.24, 2.45) is 0 Å². The molecule has 0 spiro atoms. The van der Waals surface area contributed by atoms with E-state index in [1.54, 1.807) is 0 Å². The van der Waals surface area contributed by atoms with Gasteiger partial charge in [0.05, 0.1) is 11.6 Å². The molecule has 3 heteroatoms. The van der Waals surface area contributed by atoms with Gasteiger partial charge in [0.25, 0.3) is 0 Å². The molecule has 2 rings (SSSR count). The smallest absolute Gasteiger partial charge is 0.218 e. The van der Waals surface area contributed by atoms with Crippen molar-refractivity contribution in [3.63, 3.8) is 0 Å². The number of ether oxygens (including phenoxy) is 1. The molecule has 0 radical (unpaired) electrons. The van der Waals surface area contributed by atoms with Crippen LogP contribution in [0.5, 0.6) is 5.88 Å². The van der Waals surface area contributed by atoms with E-state index in [9.17, 15) is 0 Å². The summed E-state index contributed by atoms with van der Waals surface area (Å²) >= 11 is 0. The van der Waals surface area contributed by atoms with E-state index >= 15 is 0 Å². The highest BCUT2D eigenvalue weighted by Crippen LogP contribution is 2.23. The Morgan fingerprint density at radius 1 is 1.28 bits per heavy atom. The molecule has 0 bridgehead atoms. The first-order valence-electron chi connectivity index (χ1n) is 6.46. The molecule has 0 aliphatic heterocycles. The number of nitrogens with one attached hydrogen (secondary N) is 1. The Bertz CT molecular complexity index is 523. The quantitative estimate of drug-likeness (QED) is 0.877. The van der Waals surface area contributed by atoms with E-state index in [2.05, 4.69) is 29.4 Å². The first-order chi connectivity index (χ1) is 8.70. The Morgan fingerprint density at radius 3 is 2.78 bits per heavy atom. The predicted octanol–water partition coefficient (Wildman–Crippen LogP) is 3.13. The number of para-hydroxylation sites is 1. The van der Waals surface area contributed by atoms with Crippen molar-refractivity contribution in [1.29, 1.82) is 0 Å². The normalized spacial score (nSPS) is 11.1. The monoisotopic (exact) mass is 244 g/mol. The van der Waals surface area contributed by atoms with Gasteiger partial charge in [0.2, 0.25) is 5.88 Å². The molecule has 0 aliphatic rings. The lowest BCUT2D eigenvalue weighted by Gasteiger charge is -2.14. The average Bonchev–Trinajstić information content (AvgIpc) is 2.35. The van der Waals surface area contributed by atoms with Crippen LogP contribution in [0.3, 0.4) is 0 Å². The van der Waals surface area contributed by atoms with Gasteiger partial charge in [-0.2, -0.15) is 0 Å². The van der Waals surface area contributed by atoms with Crippen LogP contribution in [-0.2, 0) is 6.54 Å². The van der Waals surface area contributed by atoms with Crippen molar-refractivity contribution in [2.75, 3.05) is 6.54 Å². The van der Waals surface area contributed by atoms with Crippen LogP contribution in [0, 0.1) is 0 Å². The van der Waals surface area contributed by atoms with Gasteiger partial charge in [-0.3, -0.25) is 0 Å². The lowest BCUT2D eigenvalue weighted by atomic mass is 10.1. The highest BCUT2D eigenvalue weighted by atomic mass is 16.5. The summed E-state index contributed by atoms with van der Waals surface area (Å²) in [6, 6.07) is 10.3. The molecule has 3 nitrogen and oxygen atoms in total. The maximum Gasteiger partial charge on any atom is 0.218 e. The Kier molecular flexibility index (Phi) is 4.15. The molecular weight excluding hydrogens is 224 g/mol. The zero-order chi connectivity index (χ0) is 13.0. The molecule has 1 aromatic heterocycles. The molecule has 0 fully saturated rings. The van der Waals surface area contributed by atoms with Gasteiger partial charge in [-0.15, -0.1) is 0 Å². The fourth-order valence-electron chi connectivity index (χ4n) is 1.85. The number of aromatic nitrogens is 1. The highest BCUT2D eigenvalue weighted by Gasteiger charge is 2.09. The maximum atomic E-state index is 5.80.